The standard InChI is InChI=1S/C11H15N3O/c12-11(15)14-7-6-13-8-10(14)9-4-2-1-3-5-9/h1-5,10,13H,6-8H2,(H2,12,15). The summed E-state index contributed by atoms with van der Waals surface area (Å²) in [6, 6.07) is 9.68. The van der Waals surface area contributed by atoms with Gasteiger partial charge in [0.25, 0.3) is 0 Å². The number of urea groups is 1. The number of nitrogens with zero attached hydrogens (tertiary/aromatic N) is 1. The maximum Gasteiger partial charge on any atom is 0.315 e. The molecule has 0 radical (unpaired) electrons. The Morgan fingerprint density at radius 3 is 2.80 bits per heavy atom. The van der Waals surface area contributed by atoms with E-state index in [0.717, 1.165) is 18.7 Å². The third kappa shape index (κ3) is 2.10. The van der Waals surface area contributed by atoms with Gasteiger partial charge in [-0.25, -0.2) is 4.79 Å². The van der Waals surface area contributed by atoms with E-state index >= 15 is 0 Å². The molecular formula is C11H15N3O. The fourth-order valence-corrected chi connectivity index (χ4v) is 1.94. The van der Waals surface area contributed by atoms with E-state index in [1.54, 1.807) is 4.90 Å². The van der Waals surface area contributed by atoms with Crippen molar-refractivity contribution in [1.29, 1.82) is 0 Å². The van der Waals surface area contributed by atoms with Crippen molar-refractivity contribution >= 4 is 6.03 Å². The van der Waals surface area contributed by atoms with E-state index in [9.17, 15) is 4.79 Å². The van der Waals surface area contributed by atoms with Crippen LogP contribution in [0.4, 0.5) is 4.79 Å². The van der Waals surface area contributed by atoms with Crippen molar-refractivity contribution in [3.8, 4) is 0 Å². The molecule has 1 aromatic carbocycles. The summed E-state index contributed by atoms with van der Waals surface area (Å²) in [4.78, 5) is 13.0. The smallest absolute Gasteiger partial charge is 0.315 e. The average Bonchev–Trinajstić information content (AvgIpc) is 2.30. The van der Waals surface area contributed by atoms with Crippen molar-refractivity contribution in [1.82, 2.24) is 10.2 Å². The molecule has 4 nitrogen and oxygen atoms in total. The third-order valence-electron chi connectivity index (χ3n) is 2.71. The maximum absolute atomic E-state index is 11.3. The molecule has 1 atom stereocenters. The molecule has 1 aromatic rings. The van der Waals surface area contributed by atoms with Crippen LogP contribution in [0, 0.1) is 0 Å². The molecule has 3 N–H and O–H groups in total. The van der Waals surface area contributed by atoms with E-state index in [2.05, 4.69) is 5.32 Å². The summed E-state index contributed by atoms with van der Waals surface area (Å²) in [6.07, 6.45) is 0. The van der Waals surface area contributed by atoms with Gasteiger partial charge in [-0.15, -0.1) is 0 Å². The van der Waals surface area contributed by atoms with Crippen LogP contribution in [-0.4, -0.2) is 30.6 Å². The summed E-state index contributed by atoms with van der Waals surface area (Å²) in [7, 11) is 0. The molecule has 15 heavy (non-hydrogen) atoms. The Hall–Kier alpha value is -1.55. The monoisotopic (exact) mass is 205 g/mol. The third-order valence-corrected chi connectivity index (χ3v) is 2.71. The number of benzene rings is 1. The van der Waals surface area contributed by atoms with Gasteiger partial charge in [0.2, 0.25) is 0 Å². The van der Waals surface area contributed by atoms with Gasteiger partial charge in [0, 0.05) is 19.6 Å². The molecule has 2 rings (SSSR count). The summed E-state index contributed by atoms with van der Waals surface area (Å²) in [5.41, 5.74) is 6.48. The van der Waals surface area contributed by atoms with Crippen molar-refractivity contribution in [3.05, 3.63) is 35.9 Å². The minimum Gasteiger partial charge on any atom is -0.351 e. The van der Waals surface area contributed by atoms with E-state index in [1.807, 2.05) is 30.3 Å². The highest BCUT2D eigenvalue weighted by molar-refractivity contribution is 5.72. The van der Waals surface area contributed by atoms with Gasteiger partial charge in [-0.1, -0.05) is 30.3 Å². The lowest BCUT2D eigenvalue weighted by atomic mass is 10.0. The van der Waals surface area contributed by atoms with Gasteiger partial charge in [-0.05, 0) is 5.56 Å². The Balaban J connectivity index is 2.22. The number of piperazine rings is 1. The molecule has 0 aromatic heterocycles. The first-order valence-electron chi connectivity index (χ1n) is 5.11. The fourth-order valence-electron chi connectivity index (χ4n) is 1.94. The van der Waals surface area contributed by atoms with Crippen LogP contribution in [0.5, 0.6) is 0 Å². The van der Waals surface area contributed by atoms with Crippen molar-refractivity contribution in [2.75, 3.05) is 19.6 Å². The van der Waals surface area contributed by atoms with Crippen LogP contribution >= 0.6 is 0 Å². The van der Waals surface area contributed by atoms with E-state index in [1.165, 1.54) is 0 Å². The van der Waals surface area contributed by atoms with E-state index in [4.69, 9.17) is 5.73 Å². The van der Waals surface area contributed by atoms with Crippen LogP contribution in [0.2, 0.25) is 0 Å². The van der Waals surface area contributed by atoms with Crippen molar-refractivity contribution in [3.63, 3.8) is 0 Å². The van der Waals surface area contributed by atoms with E-state index in [0.29, 0.717) is 6.54 Å². The summed E-state index contributed by atoms with van der Waals surface area (Å²) in [6.45, 7) is 2.26. The molecule has 1 saturated heterocycles. The van der Waals surface area contributed by atoms with Crippen molar-refractivity contribution in [2.24, 2.45) is 5.73 Å². The normalized spacial score (nSPS) is 21.3. The van der Waals surface area contributed by atoms with Crippen molar-refractivity contribution < 1.29 is 4.79 Å². The number of rotatable bonds is 1. The fraction of sp³-hybridized carbons (Fsp3) is 0.364. The van der Waals surface area contributed by atoms with Gasteiger partial charge in [0.15, 0.2) is 0 Å². The Kier molecular flexibility index (Phi) is 2.87. The molecule has 4 heteroatoms. The van der Waals surface area contributed by atoms with Gasteiger partial charge in [0.05, 0.1) is 6.04 Å². The first-order chi connectivity index (χ1) is 7.29. The van der Waals surface area contributed by atoms with Crippen LogP contribution in [0.25, 0.3) is 0 Å². The van der Waals surface area contributed by atoms with Crippen LogP contribution < -0.4 is 11.1 Å². The Morgan fingerprint density at radius 2 is 2.13 bits per heavy atom. The predicted octanol–water partition coefficient (Wildman–Crippen LogP) is 0.712. The zero-order chi connectivity index (χ0) is 10.7. The molecule has 0 saturated carbocycles. The number of nitrogens with two attached hydrogens (primary N) is 1. The van der Waals surface area contributed by atoms with E-state index in [-0.39, 0.29) is 12.1 Å². The van der Waals surface area contributed by atoms with E-state index < -0.39 is 0 Å². The summed E-state index contributed by atoms with van der Waals surface area (Å²) in [5, 5.41) is 3.27. The number of hydrogen-bond acceptors (Lipinski definition) is 2. The van der Waals surface area contributed by atoms with Crippen molar-refractivity contribution in [2.45, 2.75) is 6.04 Å². The molecule has 0 aliphatic carbocycles. The summed E-state index contributed by atoms with van der Waals surface area (Å²) < 4.78 is 0. The second-order valence-electron chi connectivity index (χ2n) is 3.66. The SMILES string of the molecule is NC(=O)N1CCNCC1c1ccccc1. The highest BCUT2D eigenvalue weighted by Gasteiger charge is 2.25. The van der Waals surface area contributed by atoms with Gasteiger partial charge in [-0.2, -0.15) is 0 Å². The van der Waals surface area contributed by atoms with Gasteiger partial charge in [0.1, 0.15) is 0 Å². The zero-order valence-corrected chi connectivity index (χ0v) is 8.52. The second kappa shape index (κ2) is 4.31. The van der Waals surface area contributed by atoms with Gasteiger partial charge < -0.3 is 16.0 Å². The van der Waals surface area contributed by atoms with Crippen LogP contribution in [0.3, 0.4) is 0 Å². The number of primary amides is 1. The summed E-state index contributed by atoms with van der Waals surface area (Å²) in [5.74, 6) is 0. The largest absolute Gasteiger partial charge is 0.351 e. The number of amides is 2. The first kappa shape index (κ1) is 9.98. The lowest BCUT2D eigenvalue weighted by molar-refractivity contribution is 0.167. The number of nitrogens with one attached hydrogen (secondary N) is 1. The Morgan fingerprint density at radius 1 is 1.40 bits per heavy atom. The topological polar surface area (TPSA) is 58.4 Å². The van der Waals surface area contributed by atoms with Gasteiger partial charge in [-0.3, -0.25) is 0 Å². The zero-order valence-electron chi connectivity index (χ0n) is 8.52. The lowest BCUT2D eigenvalue weighted by Gasteiger charge is -2.35. The lowest BCUT2D eigenvalue weighted by Crippen LogP contribution is -2.50. The first-order valence-corrected chi connectivity index (χ1v) is 5.11. The number of carbonyl (C=O) groups is 1. The highest BCUT2D eigenvalue weighted by atomic mass is 16.2. The molecule has 0 spiro atoms. The average molecular weight is 205 g/mol. The van der Waals surface area contributed by atoms with Crippen LogP contribution in [0.15, 0.2) is 30.3 Å². The highest BCUT2D eigenvalue weighted by Crippen LogP contribution is 2.21. The second-order valence-corrected chi connectivity index (χ2v) is 3.66. The molecular weight excluding hydrogens is 190 g/mol. The number of carbonyl (C=O) groups excluding carboxylic acids is 1. The Labute approximate surface area is 89.1 Å². The molecule has 0 bridgehead atoms. The molecule has 1 unspecified atom stereocenters. The molecule has 1 aliphatic rings. The quantitative estimate of drug-likeness (QED) is 0.709. The predicted molar refractivity (Wildman–Crippen MR) is 58.3 cm³/mol. The van der Waals surface area contributed by atoms with Crippen LogP contribution in [-0.2, 0) is 0 Å². The minimum absolute atomic E-state index is 0.0671. The molecule has 2 amide bonds. The Bertz CT molecular complexity index is 339. The molecule has 80 valence electrons. The summed E-state index contributed by atoms with van der Waals surface area (Å²) >= 11 is 0. The van der Waals surface area contributed by atoms with Gasteiger partial charge >= 0.3 is 6.03 Å². The number of hydrogen-bond donors (Lipinski definition) is 2. The molecule has 1 aliphatic heterocycles. The molecule has 1 fully saturated rings. The molecule has 1 heterocycles. The minimum atomic E-state index is -0.342. The maximum atomic E-state index is 11.3. The van der Waals surface area contributed by atoms with Crippen LogP contribution in [0.1, 0.15) is 11.6 Å².